The molecule has 4 heteroatoms. The van der Waals surface area contributed by atoms with Crippen molar-refractivity contribution in [2.75, 3.05) is 13.2 Å². The van der Waals surface area contributed by atoms with Crippen molar-refractivity contribution >= 4 is 11.9 Å². The topological polar surface area (TPSA) is 52.6 Å². The molecule has 1 aliphatic carbocycles. The third-order valence-electron chi connectivity index (χ3n) is 5.00. The van der Waals surface area contributed by atoms with Gasteiger partial charge >= 0.3 is 11.9 Å². The summed E-state index contributed by atoms with van der Waals surface area (Å²) < 4.78 is 9.67. The Bertz CT molecular complexity index is 604. The van der Waals surface area contributed by atoms with Crippen LogP contribution in [0.3, 0.4) is 0 Å². The molecule has 0 aromatic rings. The molecular weight excluding hydrogens is 364 g/mol. The molecule has 0 spiro atoms. The van der Waals surface area contributed by atoms with Gasteiger partial charge in [0.05, 0.1) is 13.2 Å². The minimum Gasteiger partial charge on any atom is -0.463 e. The van der Waals surface area contributed by atoms with Gasteiger partial charge in [0.1, 0.15) is 0 Å². The maximum Gasteiger partial charge on any atom is 0.330 e. The van der Waals surface area contributed by atoms with E-state index in [0.717, 1.165) is 36.3 Å². The molecule has 0 bridgehead atoms. The molecule has 1 aliphatic rings. The first-order valence-electron chi connectivity index (χ1n) is 10.8. The van der Waals surface area contributed by atoms with Crippen LogP contribution in [-0.2, 0) is 19.1 Å². The van der Waals surface area contributed by atoms with Crippen molar-refractivity contribution in [1.82, 2.24) is 0 Å². The molecule has 0 aromatic carbocycles. The van der Waals surface area contributed by atoms with Gasteiger partial charge in [-0.2, -0.15) is 0 Å². The van der Waals surface area contributed by atoms with Crippen LogP contribution in [0.2, 0.25) is 0 Å². The molecule has 4 nitrogen and oxygen atoms in total. The molecule has 0 radical (unpaired) electrons. The highest BCUT2D eigenvalue weighted by atomic mass is 16.5. The van der Waals surface area contributed by atoms with Crippen LogP contribution in [0.5, 0.6) is 0 Å². The number of hydrogen-bond acceptors (Lipinski definition) is 4. The Labute approximate surface area is 178 Å². The molecule has 0 saturated heterocycles. The number of carbonyl (C=O) groups is 2. The Morgan fingerprint density at radius 1 is 0.897 bits per heavy atom. The zero-order valence-corrected chi connectivity index (χ0v) is 19.9. The first kappa shape index (κ1) is 27.2. The highest BCUT2D eigenvalue weighted by molar-refractivity contribution is 5.83. The summed E-state index contributed by atoms with van der Waals surface area (Å²) >= 11 is 0. The summed E-state index contributed by atoms with van der Waals surface area (Å²) in [5.41, 5.74) is 4.07. The number of allylic oxidation sites excluding steroid dienone is 4. The first-order valence-corrected chi connectivity index (χ1v) is 10.8. The lowest BCUT2D eigenvalue weighted by Gasteiger charge is -2.03. The quantitative estimate of drug-likeness (QED) is 0.234. The van der Waals surface area contributed by atoms with Crippen molar-refractivity contribution in [1.29, 1.82) is 0 Å². The lowest BCUT2D eigenvalue weighted by atomic mass is 10.0. The maximum absolute atomic E-state index is 11.1. The molecule has 1 rings (SSSR count). The predicted octanol–water partition coefficient (Wildman–Crippen LogP) is 6.56. The van der Waals surface area contributed by atoms with Gasteiger partial charge in [-0.15, -0.1) is 0 Å². The molecule has 0 amide bonds. The van der Waals surface area contributed by atoms with E-state index in [0.29, 0.717) is 18.6 Å². The Kier molecular flexibility index (Phi) is 13.3. The van der Waals surface area contributed by atoms with Gasteiger partial charge in [-0.25, -0.2) is 9.59 Å². The Hall–Kier alpha value is -1.84. The van der Waals surface area contributed by atoms with Gasteiger partial charge in [-0.1, -0.05) is 36.6 Å². The monoisotopic (exact) mass is 406 g/mol. The molecule has 166 valence electrons. The van der Waals surface area contributed by atoms with Crippen LogP contribution in [0.15, 0.2) is 34.9 Å². The van der Waals surface area contributed by atoms with Crippen LogP contribution in [-0.4, -0.2) is 25.2 Å². The van der Waals surface area contributed by atoms with E-state index in [4.69, 9.17) is 9.47 Å². The molecule has 0 heterocycles. The van der Waals surface area contributed by atoms with Gasteiger partial charge in [-0.3, -0.25) is 0 Å². The van der Waals surface area contributed by atoms with Crippen molar-refractivity contribution in [2.45, 2.75) is 87.5 Å². The summed E-state index contributed by atoms with van der Waals surface area (Å²) in [6.07, 6.45) is 10.8. The molecule has 1 unspecified atom stereocenters. The molecule has 0 aromatic heterocycles. The van der Waals surface area contributed by atoms with E-state index in [2.05, 4.69) is 33.8 Å². The Balaban J connectivity index is 0.000000543. The van der Waals surface area contributed by atoms with Gasteiger partial charge < -0.3 is 9.47 Å². The van der Waals surface area contributed by atoms with Crippen LogP contribution in [0.25, 0.3) is 0 Å². The fourth-order valence-electron chi connectivity index (χ4n) is 2.97. The van der Waals surface area contributed by atoms with Gasteiger partial charge in [0.25, 0.3) is 0 Å². The number of rotatable bonds is 10. The van der Waals surface area contributed by atoms with E-state index < -0.39 is 0 Å². The molecule has 1 saturated carbocycles. The normalized spacial score (nSPS) is 17.6. The fraction of sp³-hybridized carbons (Fsp3) is 0.680. The second-order valence-electron chi connectivity index (χ2n) is 8.73. The van der Waals surface area contributed by atoms with E-state index >= 15 is 0 Å². The second-order valence-corrected chi connectivity index (χ2v) is 8.73. The minimum atomic E-state index is -0.234. The summed E-state index contributed by atoms with van der Waals surface area (Å²) in [6, 6.07) is 0. The van der Waals surface area contributed by atoms with Crippen LogP contribution >= 0.6 is 0 Å². The lowest BCUT2D eigenvalue weighted by Crippen LogP contribution is -2.00. The highest BCUT2D eigenvalue weighted by Crippen LogP contribution is 2.54. The Morgan fingerprint density at radius 3 is 1.72 bits per heavy atom. The minimum absolute atomic E-state index is 0.204. The van der Waals surface area contributed by atoms with Crippen LogP contribution < -0.4 is 0 Å². The molecule has 1 fully saturated rings. The summed E-state index contributed by atoms with van der Waals surface area (Å²) in [4.78, 5) is 22.2. The zero-order chi connectivity index (χ0) is 22.4. The number of hydrogen-bond donors (Lipinski definition) is 0. The van der Waals surface area contributed by atoms with Crippen LogP contribution in [0.4, 0.5) is 0 Å². The number of esters is 2. The van der Waals surface area contributed by atoms with E-state index in [-0.39, 0.29) is 11.9 Å². The van der Waals surface area contributed by atoms with Gasteiger partial charge in [0.2, 0.25) is 0 Å². The van der Waals surface area contributed by atoms with Gasteiger partial charge in [0.15, 0.2) is 0 Å². The summed E-state index contributed by atoms with van der Waals surface area (Å²) in [7, 11) is 0. The van der Waals surface area contributed by atoms with Crippen LogP contribution in [0.1, 0.15) is 87.5 Å². The van der Waals surface area contributed by atoms with Crippen molar-refractivity contribution in [3.05, 3.63) is 34.9 Å². The van der Waals surface area contributed by atoms with E-state index in [1.165, 1.54) is 18.4 Å². The number of carbonyl (C=O) groups excluding carboxylic acids is 2. The lowest BCUT2D eigenvalue weighted by molar-refractivity contribution is -0.138. The van der Waals surface area contributed by atoms with Crippen molar-refractivity contribution in [2.24, 2.45) is 11.3 Å². The van der Waals surface area contributed by atoms with Crippen molar-refractivity contribution in [3.63, 3.8) is 0 Å². The standard InChI is InChI=1S/C13H22O2.C12H20O2/c1-5-15-12(14)8-10(2)6-7-11-9-13(11,3)4;1-5-14-12(13)9-11(4)8-6-7-10(2)3/h8,11H,5-7,9H2,1-4H3;7,9H,5-6,8H2,1-4H3/b10-8+;11-9+. The number of ether oxygens (including phenoxy) is 2. The third kappa shape index (κ3) is 14.8. The highest BCUT2D eigenvalue weighted by Gasteiger charge is 2.44. The average molecular weight is 407 g/mol. The van der Waals surface area contributed by atoms with Crippen molar-refractivity contribution < 1.29 is 19.1 Å². The third-order valence-corrected chi connectivity index (χ3v) is 5.00. The Morgan fingerprint density at radius 2 is 1.34 bits per heavy atom. The molecule has 1 atom stereocenters. The smallest absolute Gasteiger partial charge is 0.330 e. The maximum atomic E-state index is 11.1. The van der Waals surface area contributed by atoms with Gasteiger partial charge in [0, 0.05) is 12.2 Å². The molecule has 0 N–H and O–H groups in total. The fourth-order valence-corrected chi connectivity index (χ4v) is 2.97. The van der Waals surface area contributed by atoms with E-state index in [1.54, 1.807) is 12.2 Å². The van der Waals surface area contributed by atoms with Crippen LogP contribution in [0, 0.1) is 11.3 Å². The summed E-state index contributed by atoms with van der Waals surface area (Å²) in [5, 5.41) is 0. The second kappa shape index (κ2) is 14.2. The molecule has 29 heavy (non-hydrogen) atoms. The SMILES string of the molecule is CCOC(=O)/C=C(\C)CCC1CC1(C)C.CCOC(=O)/C=C(\C)CCC=C(C)C. The van der Waals surface area contributed by atoms with Gasteiger partial charge in [-0.05, 0) is 85.0 Å². The largest absolute Gasteiger partial charge is 0.463 e. The molecular formula is C25H42O4. The van der Waals surface area contributed by atoms with E-state index in [1.807, 2.05) is 27.7 Å². The van der Waals surface area contributed by atoms with Crippen molar-refractivity contribution in [3.8, 4) is 0 Å². The van der Waals surface area contributed by atoms with E-state index in [9.17, 15) is 9.59 Å². The summed E-state index contributed by atoms with van der Waals surface area (Å²) in [5.74, 6) is 0.412. The zero-order valence-electron chi connectivity index (χ0n) is 19.9. The summed E-state index contributed by atoms with van der Waals surface area (Å²) in [6.45, 7) is 17.3. The average Bonchev–Trinajstić information content (AvgIpc) is 3.20. The first-order chi connectivity index (χ1) is 13.5. The molecule has 0 aliphatic heterocycles. The predicted molar refractivity (Wildman–Crippen MR) is 121 cm³/mol.